The van der Waals surface area contributed by atoms with Crippen molar-refractivity contribution in [2.45, 2.75) is 11.8 Å². The Bertz CT molecular complexity index is 684. The highest BCUT2D eigenvalue weighted by atomic mass is 35.5. The highest BCUT2D eigenvalue weighted by Crippen LogP contribution is 2.25. The summed E-state index contributed by atoms with van der Waals surface area (Å²) in [6, 6.07) is 4.17. The number of nitrogen functional groups attached to an aromatic ring is 1. The average molecular weight is 305 g/mol. The van der Waals surface area contributed by atoms with E-state index in [4.69, 9.17) is 17.3 Å². The molecular formula is C9H9ClN4O2S2. The van der Waals surface area contributed by atoms with Crippen molar-refractivity contribution < 1.29 is 8.42 Å². The van der Waals surface area contributed by atoms with Crippen LogP contribution in [-0.2, 0) is 10.0 Å². The third kappa shape index (κ3) is 2.71. The number of nitrogens with one attached hydrogen (secondary N) is 1. The number of benzene rings is 1. The molecule has 96 valence electrons. The van der Waals surface area contributed by atoms with Crippen molar-refractivity contribution >= 4 is 44.0 Å². The lowest BCUT2D eigenvalue weighted by molar-refractivity contribution is 0.601. The molecule has 1 aromatic carbocycles. The number of aryl methyl sites for hydroxylation is 1. The molecule has 0 unspecified atom stereocenters. The van der Waals surface area contributed by atoms with Gasteiger partial charge < -0.3 is 5.73 Å². The largest absolute Gasteiger partial charge is 0.398 e. The zero-order chi connectivity index (χ0) is 13.3. The fraction of sp³-hybridized carbons (Fsp3) is 0.111. The molecule has 1 aromatic heterocycles. The van der Waals surface area contributed by atoms with E-state index in [1.54, 1.807) is 6.92 Å². The number of sulfonamides is 1. The van der Waals surface area contributed by atoms with Crippen LogP contribution in [0.15, 0.2) is 23.1 Å². The monoisotopic (exact) mass is 304 g/mol. The molecule has 0 amide bonds. The van der Waals surface area contributed by atoms with Gasteiger partial charge in [-0.25, -0.2) is 13.4 Å². The van der Waals surface area contributed by atoms with Gasteiger partial charge in [-0.2, -0.15) is 4.37 Å². The maximum Gasteiger partial charge on any atom is 0.265 e. The highest BCUT2D eigenvalue weighted by molar-refractivity contribution is 7.93. The van der Waals surface area contributed by atoms with E-state index in [1.165, 1.54) is 18.2 Å². The number of rotatable bonds is 3. The number of anilines is 2. The zero-order valence-electron chi connectivity index (χ0n) is 9.21. The van der Waals surface area contributed by atoms with E-state index in [0.717, 1.165) is 11.5 Å². The third-order valence-electron chi connectivity index (χ3n) is 2.01. The standard InChI is InChI=1S/C9H9ClN4O2S2/c1-5-12-9(17-13-5)14-18(15,16)8-3-2-6(10)4-7(8)11/h2-4H,11H2,1H3,(H,12,13,14). The Morgan fingerprint density at radius 1 is 1.44 bits per heavy atom. The second kappa shape index (κ2) is 4.71. The number of nitrogens with zero attached hydrogens (tertiary/aromatic N) is 2. The molecule has 0 radical (unpaired) electrons. The molecule has 0 spiro atoms. The van der Waals surface area contributed by atoms with Crippen LogP contribution in [0.1, 0.15) is 5.82 Å². The van der Waals surface area contributed by atoms with E-state index in [1.807, 2.05) is 0 Å². The first-order valence-electron chi connectivity index (χ1n) is 4.76. The summed E-state index contributed by atoms with van der Waals surface area (Å²) in [6.45, 7) is 1.67. The Kier molecular flexibility index (Phi) is 3.42. The summed E-state index contributed by atoms with van der Waals surface area (Å²) in [5.41, 5.74) is 5.71. The first-order chi connectivity index (χ1) is 8.38. The van der Waals surface area contributed by atoms with Crippen molar-refractivity contribution in [2.75, 3.05) is 10.5 Å². The summed E-state index contributed by atoms with van der Waals surface area (Å²) in [5, 5.41) is 0.569. The van der Waals surface area contributed by atoms with Gasteiger partial charge in [-0.1, -0.05) is 11.6 Å². The lowest BCUT2D eigenvalue weighted by atomic mass is 10.3. The molecule has 0 saturated heterocycles. The van der Waals surface area contributed by atoms with Crippen molar-refractivity contribution in [3.05, 3.63) is 29.0 Å². The smallest absolute Gasteiger partial charge is 0.265 e. The van der Waals surface area contributed by atoms with Crippen LogP contribution in [0.4, 0.5) is 10.8 Å². The SMILES string of the molecule is Cc1nsc(NS(=O)(=O)c2ccc(Cl)cc2N)n1. The molecule has 0 fully saturated rings. The Morgan fingerprint density at radius 2 is 2.17 bits per heavy atom. The second-order valence-electron chi connectivity index (χ2n) is 3.43. The van der Waals surface area contributed by atoms with E-state index in [-0.39, 0.29) is 15.7 Å². The first-order valence-corrected chi connectivity index (χ1v) is 7.40. The lowest BCUT2D eigenvalue weighted by Crippen LogP contribution is -2.14. The van der Waals surface area contributed by atoms with Crippen LogP contribution < -0.4 is 10.5 Å². The maximum absolute atomic E-state index is 12.0. The zero-order valence-corrected chi connectivity index (χ0v) is 11.6. The topological polar surface area (TPSA) is 98.0 Å². The van der Waals surface area contributed by atoms with E-state index >= 15 is 0 Å². The van der Waals surface area contributed by atoms with Gasteiger partial charge in [0.05, 0.1) is 5.69 Å². The van der Waals surface area contributed by atoms with E-state index in [9.17, 15) is 8.42 Å². The fourth-order valence-corrected chi connectivity index (χ4v) is 3.37. The quantitative estimate of drug-likeness (QED) is 0.844. The van der Waals surface area contributed by atoms with Crippen LogP contribution in [0.2, 0.25) is 5.02 Å². The molecule has 0 aliphatic rings. The Labute approximate surface area is 113 Å². The Hall–Kier alpha value is -1.38. The van der Waals surface area contributed by atoms with Gasteiger partial charge >= 0.3 is 0 Å². The van der Waals surface area contributed by atoms with Crippen molar-refractivity contribution in [3.63, 3.8) is 0 Å². The molecule has 0 bridgehead atoms. The summed E-state index contributed by atoms with van der Waals surface area (Å²) in [5.74, 6) is 0.502. The van der Waals surface area contributed by atoms with E-state index in [2.05, 4.69) is 14.1 Å². The fourth-order valence-electron chi connectivity index (χ4n) is 1.27. The van der Waals surface area contributed by atoms with Crippen molar-refractivity contribution in [3.8, 4) is 0 Å². The number of aromatic nitrogens is 2. The first kappa shape index (κ1) is 13.1. The van der Waals surface area contributed by atoms with Crippen LogP contribution in [-0.4, -0.2) is 17.8 Å². The summed E-state index contributed by atoms with van der Waals surface area (Å²) in [7, 11) is -3.77. The summed E-state index contributed by atoms with van der Waals surface area (Å²) >= 11 is 6.68. The van der Waals surface area contributed by atoms with Crippen LogP contribution in [0, 0.1) is 6.92 Å². The van der Waals surface area contributed by atoms with Crippen molar-refractivity contribution in [2.24, 2.45) is 0 Å². The highest BCUT2D eigenvalue weighted by Gasteiger charge is 2.19. The molecule has 3 N–H and O–H groups in total. The van der Waals surface area contributed by atoms with E-state index in [0.29, 0.717) is 10.8 Å². The molecule has 0 aliphatic heterocycles. The summed E-state index contributed by atoms with van der Waals surface area (Å²) in [6.07, 6.45) is 0. The summed E-state index contributed by atoms with van der Waals surface area (Å²) < 4.78 is 30.3. The molecule has 6 nitrogen and oxygen atoms in total. The Morgan fingerprint density at radius 3 is 2.72 bits per heavy atom. The number of hydrogen-bond donors (Lipinski definition) is 2. The van der Waals surface area contributed by atoms with Crippen LogP contribution in [0.5, 0.6) is 0 Å². The van der Waals surface area contributed by atoms with Gasteiger partial charge in [-0.05, 0) is 25.1 Å². The van der Waals surface area contributed by atoms with E-state index < -0.39 is 10.0 Å². The van der Waals surface area contributed by atoms with Gasteiger partial charge in [0, 0.05) is 16.6 Å². The normalized spacial score (nSPS) is 11.4. The van der Waals surface area contributed by atoms with Crippen molar-refractivity contribution in [1.29, 1.82) is 0 Å². The lowest BCUT2D eigenvalue weighted by Gasteiger charge is -2.07. The van der Waals surface area contributed by atoms with Crippen molar-refractivity contribution in [1.82, 2.24) is 9.36 Å². The molecule has 0 saturated carbocycles. The summed E-state index contributed by atoms with van der Waals surface area (Å²) in [4.78, 5) is 3.88. The Balaban J connectivity index is 2.36. The minimum absolute atomic E-state index is 0.0419. The van der Waals surface area contributed by atoms with Gasteiger partial charge in [0.1, 0.15) is 10.7 Å². The van der Waals surface area contributed by atoms with Crippen LogP contribution in [0.25, 0.3) is 0 Å². The molecular weight excluding hydrogens is 296 g/mol. The predicted octanol–water partition coefficient (Wildman–Crippen LogP) is 1.88. The van der Waals surface area contributed by atoms with Gasteiger partial charge in [0.15, 0.2) is 0 Å². The van der Waals surface area contributed by atoms with Gasteiger partial charge in [-0.3, -0.25) is 4.72 Å². The number of nitrogens with two attached hydrogens (primary N) is 1. The molecule has 2 aromatic rings. The average Bonchev–Trinajstić information content (AvgIpc) is 2.62. The number of hydrogen-bond acceptors (Lipinski definition) is 6. The van der Waals surface area contributed by atoms with Gasteiger partial charge in [0.25, 0.3) is 10.0 Å². The molecule has 18 heavy (non-hydrogen) atoms. The molecule has 2 rings (SSSR count). The molecule has 0 atom stereocenters. The maximum atomic E-state index is 12.0. The minimum Gasteiger partial charge on any atom is -0.398 e. The second-order valence-corrected chi connectivity index (χ2v) is 6.27. The third-order valence-corrected chi connectivity index (χ3v) is 4.51. The van der Waals surface area contributed by atoms with Crippen LogP contribution >= 0.6 is 23.1 Å². The predicted molar refractivity (Wildman–Crippen MR) is 71.3 cm³/mol. The van der Waals surface area contributed by atoms with Crippen LogP contribution in [0.3, 0.4) is 0 Å². The van der Waals surface area contributed by atoms with Gasteiger partial charge in [0.2, 0.25) is 5.13 Å². The molecule has 1 heterocycles. The molecule has 0 aliphatic carbocycles. The van der Waals surface area contributed by atoms with Gasteiger partial charge in [-0.15, -0.1) is 0 Å². The molecule has 9 heteroatoms. The number of halogens is 1. The minimum atomic E-state index is -3.77.